The summed E-state index contributed by atoms with van der Waals surface area (Å²) >= 11 is 0. The van der Waals surface area contributed by atoms with E-state index < -0.39 is 45.0 Å². The van der Waals surface area contributed by atoms with Gasteiger partial charge in [0.1, 0.15) is 28.5 Å². The number of carbonyl (C=O) groups excluding carboxylic acids is 1. The number of rotatable bonds is 7. The maximum absolute atomic E-state index is 14.3. The highest BCUT2D eigenvalue weighted by Gasteiger charge is 2.27. The third-order valence-electron chi connectivity index (χ3n) is 6.24. The van der Waals surface area contributed by atoms with Crippen molar-refractivity contribution in [3.05, 3.63) is 77.1 Å². The highest BCUT2D eigenvalue weighted by atomic mass is 32.2. The van der Waals surface area contributed by atoms with Gasteiger partial charge in [-0.2, -0.15) is 5.10 Å². The van der Waals surface area contributed by atoms with Gasteiger partial charge in [0.05, 0.1) is 23.5 Å². The summed E-state index contributed by atoms with van der Waals surface area (Å²) in [5, 5.41) is 17.9. The number of carbonyl (C=O) groups is 1. The van der Waals surface area contributed by atoms with Crippen LogP contribution in [-0.2, 0) is 28.2 Å². The highest BCUT2D eigenvalue weighted by molar-refractivity contribution is 7.92. The Labute approximate surface area is 260 Å². The first-order chi connectivity index (χ1) is 20.8. The van der Waals surface area contributed by atoms with E-state index in [0.717, 1.165) is 24.5 Å². The Balaban J connectivity index is 1.98. The van der Waals surface area contributed by atoms with Crippen LogP contribution in [0.3, 0.4) is 0 Å². The second-order valence-electron chi connectivity index (χ2n) is 12.2. The van der Waals surface area contributed by atoms with Crippen molar-refractivity contribution in [1.82, 2.24) is 20.1 Å². The van der Waals surface area contributed by atoms with Crippen LogP contribution < -0.4 is 10.0 Å². The first-order valence-corrected chi connectivity index (χ1v) is 15.8. The van der Waals surface area contributed by atoms with Crippen molar-refractivity contribution in [3.63, 3.8) is 0 Å². The number of aliphatic hydroxyl groups is 1. The number of para-hydroxylation sites is 1. The van der Waals surface area contributed by atoms with Gasteiger partial charge < -0.3 is 15.2 Å². The minimum atomic E-state index is -3.65. The molecule has 0 aliphatic heterocycles. The maximum atomic E-state index is 14.3. The van der Waals surface area contributed by atoms with Crippen molar-refractivity contribution in [1.29, 1.82) is 0 Å². The molecule has 4 rings (SSSR count). The Kier molecular flexibility index (Phi) is 9.23. The normalized spacial score (nSPS) is 12.8. The number of pyridine rings is 1. The quantitative estimate of drug-likeness (QED) is 0.236. The standard InChI is InChI=1S/C32H35F2N5O5S/c1-31(2,3)44-30(40)36-26(17-19-15-20(33)18-21(34)16-19)27-23(12-11-22(35-27)13-14-32(4,5)41)24-9-8-10-25-28(24)39(6)37-29(25)38-45(7,42)43/h8-12,15-16,18,26,41H,17H2,1-7H3,(H,36,40)(H,37,38)/t26-/m0/s1. The highest BCUT2D eigenvalue weighted by Crippen LogP contribution is 2.36. The zero-order valence-electron chi connectivity index (χ0n) is 26.0. The number of hydrogen-bond donors (Lipinski definition) is 3. The van der Waals surface area contributed by atoms with Crippen LogP contribution in [0.15, 0.2) is 48.5 Å². The van der Waals surface area contributed by atoms with Gasteiger partial charge in [0.25, 0.3) is 0 Å². The second-order valence-corrected chi connectivity index (χ2v) is 13.9. The number of fused-ring (bicyclic) bond motifs is 1. The number of nitrogens with zero attached hydrogens (tertiary/aromatic N) is 3. The zero-order valence-corrected chi connectivity index (χ0v) is 26.8. The predicted octanol–water partition coefficient (Wildman–Crippen LogP) is 5.22. The molecule has 2 heterocycles. The zero-order chi connectivity index (χ0) is 33.3. The van der Waals surface area contributed by atoms with Crippen LogP contribution in [0.1, 0.15) is 57.6 Å². The Morgan fingerprint density at radius 1 is 1.07 bits per heavy atom. The van der Waals surface area contributed by atoms with E-state index in [9.17, 15) is 27.1 Å². The van der Waals surface area contributed by atoms with Crippen LogP contribution in [0.25, 0.3) is 22.0 Å². The van der Waals surface area contributed by atoms with E-state index in [1.165, 1.54) is 18.5 Å². The molecular formula is C32H35F2N5O5S. The van der Waals surface area contributed by atoms with Gasteiger partial charge in [-0.05, 0) is 82.9 Å². The number of aryl methyl sites for hydroxylation is 1. The molecule has 0 aliphatic carbocycles. The van der Waals surface area contributed by atoms with Gasteiger partial charge in [-0.15, -0.1) is 0 Å². The number of nitrogens with one attached hydrogen (secondary N) is 2. The van der Waals surface area contributed by atoms with Crippen molar-refractivity contribution in [2.24, 2.45) is 7.05 Å². The van der Waals surface area contributed by atoms with Gasteiger partial charge >= 0.3 is 6.09 Å². The lowest BCUT2D eigenvalue weighted by Gasteiger charge is -2.25. The Morgan fingerprint density at radius 2 is 1.73 bits per heavy atom. The van der Waals surface area contributed by atoms with Gasteiger partial charge in [0.2, 0.25) is 10.0 Å². The predicted molar refractivity (Wildman–Crippen MR) is 168 cm³/mol. The average molecular weight is 640 g/mol. The first-order valence-electron chi connectivity index (χ1n) is 13.9. The maximum Gasteiger partial charge on any atom is 0.408 e. The molecule has 0 radical (unpaired) electrons. The lowest BCUT2D eigenvalue weighted by molar-refractivity contribution is 0.0502. The minimum Gasteiger partial charge on any atom is -0.444 e. The second kappa shape index (κ2) is 12.5. The lowest BCUT2D eigenvalue weighted by Crippen LogP contribution is -2.36. The Hall–Kier alpha value is -4.54. The average Bonchev–Trinajstić information content (AvgIpc) is 3.18. The van der Waals surface area contributed by atoms with E-state index in [1.54, 1.807) is 58.2 Å². The van der Waals surface area contributed by atoms with E-state index in [-0.39, 0.29) is 29.2 Å². The molecule has 238 valence electrons. The van der Waals surface area contributed by atoms with Gasteiger partial charge in [-0.3, -0.25) is 9.40 Å². The van der Waals surface area contributed by atoms with Crippen molar-refractivity contribution < 1.29 is 31.8 Å². The Morgan fingerprint density at radius 3 is 2.33 bits per heavy atom. The van der Waals surface area contributed by atoms with Crippen molar-refractivity contribution in [2.45, 2.75) is 58.3 Å². The number of sulfonamides is 1. The summed E-state index contributed by atoms with van der Waals surface area (Å²) in [4.78, 5) is 17.9. The first kappa shape index (κ1) is 33.4. The molecule has 4 aromatic rings. The van der Waals surface area contributed by atoms with Crippen molar-refractivity contribution in [3.8, 4) is 23.0 Å². The number of ether oxygens (including phenoxy) is 1. The van der Waals surface area contributed by atoms with E-state index >= 15 is 0 Å². The summed E-state index contributed by atoms with van der Waals surface area (Å²) in [7, 11) is -1.99. The number of amides is 1. The van der Waals surface area contributed by atoms with Crippen LogP contribution in [0.2, 0.25) is 0 Å². The van der Waals surface area contributed by atoms with E-state index in [1.807, 2.05) is 0 Å². The molecule has 0 saturated carbocycles. The molecule has 3 N–H and O–H groups in total. The smallest absolute Gasteiger partial charge is 0.408 e. The molecule has 2 aromatic carbocycles. The van der Waals surface area contributed by atoms with Crippen LogP contribution in [0, 0.1) is 23.5 Å². The summed E-state index contributed by atoms with van der Waals surface area (Å²) in [6, 6.07) is 10.7. The van der Waals surface area contributed by atoms with Crippen LogP contribution in [-0.4, -0.2) is 51.8 Å². The van der Waals surface area contributed by atoms with Gasteiger partial charge in [-0.25, -0.2) is 27.0 Å². The molecule has 0 spiro atoms. The van der Waals surface area contributed by atoms with Crippen molar-refractivity contribution in [2.75, 3.05) is 11.0 Å². The number of alkyl carbamates (subject to hydrolysis) is 1. The molecule has 13 heteroatoms. The number of anilines is 1. The largest absolute Gasteiger partial charge is 0.444 e. The SMILES string of the molecule is Cn1nc(NS(C)(=O)=O)c2cccc(-c3ccc(C#CC(C)(C)O)nc3[C@H](Cc3cc(F)cc(F)c3)NC(=O)OC(C)(C)C)c21. The van der Waals surface area contributed by atoms with Gasteiger partial charge in [0.15, 0.2) is 5.82 Å². The monoisotopic (exact) mass is 639 g/mol. The molecule has 0 saturated heterocycles. The summed E-state index contributed by atoms with van der Waals surface area (Å²) in [6.07, 6.45) is 0.150. The number of hydrogen-bond acceptors (Lipinski definition) is 7. The van der Waals surface area contributed by atoms with Crippen LogP contribution in [0.4, 0.5) is 19.4 Å². The number of halogens is 2. The van der Waals surface area contributed by atoms with Crippen LogP contribution in [0.5, 0.6) is 0 Å². The fourth-order valence-electron chi connectivity index (χ4n) is 4.69. The van der Waals surface area contributed by atoms with Gasteiger partial charge in [-0.1, -0.05) is 18.1 Å². The molecule has 2 aromatic heterocycles. The fourth-order valence-corrected chi connectivity index (χ4v) is 5.19. The molecule has 0 fully saturated rings. The molecule has 10 nitrogen and oxygen atoms in total. The van der Waals surface area contributed by atoms with E-state index in [2.05, 4.69) is 27.0 Å². The molecule has 1 amide bonds. The van der Waals surface area contributed by atoms with E-state index in [4.69, 9.17) is 9.72 Å². The van der Waals surface area contributed by atoms with Crippen LogP contribution >= 0.6 is 0 Å². The van der Waals surface area contributed by atoms with Crippen molar-refractivity contribution >= 4 is 32.8 Å². The Bertz CT molecular complexity index is 1910. The third-order valence-corrected chi connectivity index (χ3v) is 6.81. The van der Waals surface area contributed by atoms with E-state index in [0.29, 0.717) is 22.0 Å². The summed E-state index contributed by atoms with van der Waals surface area (Å²) in [5.41, 5.74) is 0.239. The fraction of sp³-hybridized carbons (Fsp3) is 0.344. The summed E-state index contributed by atoms with van der Waals surface area (Å²) in [6.45, 7) is 8.14. The number of benzene rings is 2. The summed E-state index contributed by atoms with van der Waals surface area (Å²) < 4.78 is 62.1. The molecule has 45 heavy (non-hydrogen) atoms. The lowest BCUT2D eigenvalue weighted by atomic mass is 9.94. The molecule has 0 aliphatic rings. The molecule has 0 bridgehead atoms. The minimum absolute atomic E-state index is 0.0848. The molecule has 1 atom stereocenters. The molecule has 0 unspecified atom stereocenters. The van der Waals surface area contributed by atoms with Gasteiger partial charge in [0, 0.05) is 29.6 Å². The molecular weight excluding hydrogens is 604 g/mol. The third kappa shape index (κ3) is 8.99. The number of aromatic nitrogens is 3. The topological polar surface area (TPSA) is 135 Å². The summed E-state index contributed by atoms with van der Waals surface area (Å²) in [5.74, 6) is 4.11.